The van der Waals surface area contributed by atoms with Crippen LogP contribution in [0.5, 0.6) is 0 Å². The number of nitrogens with one attached hydrogen (secondary N) is 1. The highest BCUT2D eigenvalue weighted by Crippen LogP contribution is 2.31. The maximum atomic E-state index is 12.6. The number of nitrogens with zero attached hydrogens (tertiary/aromatic N) is 4. The van der Waals surface area contributed by atoms with E-state index >= 15 is 0 Å². The molecule has 1 aromatic carbocycles. The third-order valence-electron chi connectivity index (χ3n) is 3.99. The molecule has 0 aliphatic heterocycles. The molecule has 8 nitrogen and oxygen atoms in total. The number of hydrogen-bond donors (Lipinski definition) is 1. The third-order valence-corrected chi connectivity index (χ3v) is 6.12. The van der Waals surface area contributed by atoms with Crippen molar-refractivity contribution in [3.8, 4) is 5.82 Å². The zero-order valence-corrected chi connectivity index (χ0v) is 17.6. The van der Waals surface area contributed by atoms with Crippen molar-refractivity contribution in [2.45, 2.75) is 11.3 Å². The predicted octanol–water partition coefficient (Wildman–Crippen LogP) is 3.78. The molecule has 3 heterocycles. The standard InChI is InChI=1S/C20H17N5O3S2/c1-13(26)28-9-10-29-20-24-16-5-4-15(11-17(16)30-20)23-19(27)14-3-6-18(21-12-14)25-8-2-7-22-25/h2-8,11-12H,9-10H2,1H3,(H,23,27). The highest BCUT2D eigenvalue weighted by molar-refractivity contribution is 8.01. The van der Waals surface area contributed by atoms with Crippen LogP contribution in [-0.2, 0) is 9.53 Å². The fraction of sp³-hybridized carbons (Fsp3) is 0.150. The number of ether oxygens (including phenoxy) is 1. The topological polar surface area (TPSA) is 99.0 Å². The van der Waals surface area contributed by atoms with Crippen molar-refractivity contribution in [2.24, 2.45) is 0 Å². The zero-order chi connectivity index (χ0) is 20.9. The summed E-state index contributed by atoms with van der Waals surface area (Å²) in [5, 5.41) is 7.01. The average molecular weight is 440 g/mol. The van der Waals surface area contributed by atoms with Crippen molar-refractivity contribution in [2.75, 3.05) is 17.7 Å². The van der Waals surface area contributed by atoms with Crippen LogP contribution in [0.25, 0.3) is 16.0 Å². The number of thioether (sulfide) groups is 1. The van der Waals surface area contributed by atoms with Crippen molar-refractivity contribution in [3.05, 3.63) is 60.6 Å². The molecule has 0 atom stereocenters. The molecule has 0 aliphatic carbocycles. The number of rotatable bonds is 7. The van der Waals surface area contributed by atoms with E-state index in [1.165, 1.54) is 36.2 Å². The third kappa shape index (κ3) is 4.84. The summed E-state index contributed by atoms with van der Waals surface area (Å²) in [6.45, 7) is 1.74. The molecule has 0 spiro atoms. The number of pyridine rings is 1. The first-order chi connectivity index (χ1) is 14.6. The van der Waals surface area contributed by atoms with Gasteiger partial charge in [-0.1, -0.05) is 11.8 Å². The Balaban J connectivity index is 1.40. The Kier molecular flexibility index (Phi) is 6.05. The van der Waals surface area contributed by atoms with Crippen molar-refractivity contribution < 1.29 is 14.3 Å². The number of carbonyl (C=O) groups excluding carboxylic acids is 2. The Bertz CT molecular complexity index is 1170. The summed E-state index contributed by atoms with van der Waals surface area (Å²) in [4.78, 5) is 32.2. The smallest absolute Gasteiger partial charge is 0.302 e. The Morgan fingerprint density at radius 2 is 2.17 bits per heavy atom. The largest absolute Gasteiger partial charge is 0.465 e. The number of anilines is 1. The molecule has 1 amide bonds. The van der Waals surface area contributed by atoms with Gasteiger partial charge >= 0.3 is 5.97 Å². The summed E-state index contributed by atoms with van der Waals surface area (Å²) in [7, 11) is 0. The molecule has 0 fully saturated rings. The molecule has 3 aromatic heterocycles. The monoisotopic (exact) mass is 439 g/mol. The van der Waals surface area contributed by atoms with E-state index in [-0.39, 0.29) is 11.9 Å². The van der Waals surface area contributed by atoms with Crippen LogP contribution in [0, 0.1) is 0 Å². The van der Waals surface area contributed by atoms with Gasteiger partial charge in [0.2, 0.25) is 0 Å². The Morgan fingerprint density at radius 3 is 2.90 bits per heavy atom. The van der Waals surface area contributed by atoms with E-state index in [4.69, 9.17) is 4.74 Å². The molecule has 152 valence electrons. The van der Waals surface area contributed by atoms with E-state index in [2.05, 4.69) is 20.4 Å². The Hall–Kier alpha value is -3.24. The quantitative estimate of drug-likeness (QED) is 0.266. The van der Waals surface area contributed by atoms with Gasteiger partial charge in [-0.15, -0.1) is 11.3 Å². The first kappa shape index (κ1) is 20.0. The second-order valence-corrected chi connectivity index (χ2v) is 8.53. The Morgan fingerprint density at radius 1 is 1.27 bits per heavy atom. The SMILES string of the molecule is CC(=O)OCCSc1nc2ccc(NC(=O)c3ccc(-n4cccn4)nc3)cc2s1. The van der Waals surface area contributed by atoms with E-state index in [1.54, 1.807) is 29.2 Å². The van der Waals surface area contributed by atoms with Crippen LogP contribution in [0.2, 0.25) is 0 Å². The maximum absolute atomic E-state index is 12.6. The van der Waals surface area contributed by atoms with E-state index < -0.39 is 0 Å². The molecule has 0 unspecified atom stereocenters. The predicted molar refractivity (Wildman–Crippen MR) is 116 cm³/mol. The van der Waals surface area contributed by atoms with E-state index in [1.807, 2.05) is 24.3 Å². The first-order valence-corrected chi connectivity index (χ1v) is 10.8. The van der Waals surface area contributed by atoms with Crippen LogP contribution in [-0.4, -0.2) is 44.0 Å². The van der Waals surface area contributed by atoms with Gasteiger partial charge in [0, 0.05) is 37.0 Å². The lowest BCUT2D eigenvalue weighted by molar-refractivity contribution is -0.140. The van der Waals surface area contributed by atoms with Crippen LogP contribution in [0.1, 0.15) is 17.3 Å². The second kappa shape index (κ2) is 9.06. The maximum Gasteiger partial charge on any atom is 0.302 e. The number of hydrogen-bond acceptors (Lipinski definition) is 8. The highest BCUT2D eigenvalue weighted by Gasteiger charge is 2.10. The lowest BCUT2D eigenvalue weighted by Crippen LogP contribution is -2.12. The minimum absolute atomic E-state index is 0.241. The summed E-state index contributed by atoms with van der Waals surface area (Å²) in [5.41, 5.74) is 2.00. The van der Waals surface area contributed by atoms with Gasteiger partial charge in [0.05, 0.1) is 15.8 Å². The second-order valence-electron chi connectivity index (χ2n) is 6.16. The average Bonchev–Trinajstić information content (AvgIpc) is 3.41. The van der Waals surface area contributed by atoms with Crippen LogP contribution in [0.3, 0.4) is 0 Å². The van der Waals surface area contributed by atoms with Crippen molar-refractivity contribution >= 4 is 50.9 Å². The molecule has 0 saturated heterocycles. The molecule has 30 heavy (non-hydrogen) atoms. The summed E-state index contributed by atoms with van der Waals surface area (Å²) in [6.07, 6.45) is 4.98. The normalized spacial score (nSPS) is 10.8. The number of thiazole rings is 1. The van der Waals surface area contributed by atoms with Gasteiger partial charge in [-0.3, -0.25) is 9.59 Å². The van der Waals surface area contributed by atoms with E-state index in [9.17, 15) is 9.59 Å². The van der Waals surface area contributed by atoms with Gasteiger partial charge in [0.1, 0.15) is 6.61 Å². The number of fused-ring (bicyclic) bond motifs is 1. The van der Waals surface area contributed by atoms with E-state index in [0.717, 1.165) is 14.6 Å². The van der Waals surface area contributed by atoms with Crippen LogP contribution in [0.15, 0.2) is 59.3 Å². The zero-order valence-electron chi connectivity index (χ0n) is 15.9. The van der Waals surface area contributed by atoms with Gasteiger partial charge < -0.3 is 10.1 Å². The van der Waals surface area contributed by atoms with Gasteiger partial charge in [-0.05, 0) is 36.4 Å². The minimum Gasteiger partial charge on any atom is -0.465 e. The molecule has 0 radical (unpaired) electrons. The molecule has 0 aliphatic rings. The number of aromatic nitrogens is 4. The van der Waals surface area contributed by atoms with E-state index in [0.29, 0.717) is 29.4 Å². The fourth-order valence-electron chi connectivity index (χ4n) is 2.62. The summed E-state index contributed by atoms with van der Waals surface area (Å²) >= 11 is 3.06. The number of esters is 1. The van der Waals surface area contributed by atoms with Crippen LogP contribution in [0.4, 0.5) is 5.69 Å². The molecular weight excluding hydrogens is 422 g/mol. The van der Waals surface area contributed by atoms with Gasteiger partial charge in [0.15, 0.2) is 10.2 Å². The molecule has 0 bridgehead atoms. The minimum atomic E-state index is -0.286. The lowest BCUT2D eigenvalue weighted by atomic mass is 10.2. The van der Waals surface area contributed by atoms with Gasteiger partial charge in [-0.2, -0.15) is 5.10 Å². The van der Waals surface area contributed by atoms with Gasteiger partial charge in [-0.25, -0.2) is 14.6 Å². The number of benzene rings is 1. The Labute approximate surface area is 180 Å². The number of carbonyl (C=O) groups is 2. The summed E-state index contributed by atoms with van der Waals surface area (Å²) in [5.74, 6) is 0.757. The lowest BCUT2D eigenvalue weighted by Gasteiger charge is -2.06. The molecule has 0 saturated carbocycles. The number of amides is 1. The van der Waals surface area contributed by atoms with Crippen molar-refractivity contribution in [3.63, 3.8) is 0 Å². The fourth-order valence-corrected chi connectivity index (χ4v) is 4.62. The molecular formula is C20H17N5O3S2. The summed E-state index contributed by atoms with van der Waals surface area (Å²) < 4.78 is 8.41. The molecule has 4 rings (SSSR count). The van der Waals surface area contributed by atoms with Crippen molar-refractivity contribution in [1.82, 2.24) is 19.7 Å². The van der Waals surface area contributed by atoms with Crippen LogP contribution < -0.4 is 5.32 Å². The van der Waals surface area contributed by atoms with Crippen LogP contribution >= 0.6 is 23.1 Å². The first-order valence-electron chi connectivity index (χ1n) is 9.03. The molecule has 4 aromatic rings. The van der Waals surface area contributed by atoms with Gasteiger partial charge in [0.25, 0.3) is 5.91 Å². The molecule has 10 heteroatoms. The summed E-state index contributed by atoms with van der Waals surface area (Å²) in [6, 6.07) is 10.8. The highest BCUT2D eigenvalue weighted by atomic mass is 32.2. The van der Waals surface area contributed by atoms with Crippen molar-refractivity contribution in [1.29, 1.82) is 0 Å². The molecule has 1 N–H and O–H groups in total.